The molecule has 10 heteroatoms. The summed E-state index contributed by atoms with van der Waals surface area (Å²) in [6.07, 6.45) is 4.29. The zero-order valence-electron chi connectivity index (χ0n) is 21.8. The molecule has 3 N–H and O–H groups in total. The van der Waals surface area contributed by atoms with Gasteiger partial charge in [-0.2, -0.15) is 0 Å². The lowest BCUT2D eigenvalue weighted by Gasteiger charge is -2.39. The molecular weight excluding hydrogens is 504 g/mol. The molecule has 1 amide bonds. The highest BCUT2D eigenvalue weighted by Gasteiger charge is 2.54. The van der Waals surface area contributed by atoms with Crippen LogP contribution in [0.2, 0.25) is 0 Å². The minimum atomic E-state index is -4.02. The number of anilines is 1. The zero-order chi connectivity index (χ0) is 26.6. The number of ether oxygens (including phenoxy) is 1. The SMILES string of the molecule is O=C(NO)C1(S(=O)(=O)c2ccc(OCCCc3cccc(N4CCNCC4)c3)cc2)CCN(C2CC2)CC1. The van der Waals surface area contributed by atoms with Crippen LogP contribution in [0.5, 0.6) is 5.75 Å². The van der Waals surface area contributed by atoms with Crippen LogP contribution < -0.4 is 20.4 Å². The van der Waals surface area contributed by atoms with E-state index in [1.807, 2.05) is 0 Å². The lowest BCUT2D eigenvalue weighted by molar-refractivity contribution is -0.133. The summed E-state index contributed by atoms with van der Waals surface area (Å²) in [7, 11) is -4.02. The van der Waals surface area contributed by atoms with Crippen LogP contribution in [0.1, 0.15) is 37.7 Å². The highest BCUT2D eigenvalue weighted by molar-refractivity contribution is 7.93. The molecule has 2 saturated heterocycles. The quantitative estimate of drug-likeness (QED) is 0.239. The third-order valence-electron chi connectivity index (χ3n) is 8.10. The molecular formula is C28H38N4O5S. The summed E-state index contributed by atoms with van der Waals surface area (Å²) in [6, 6.07) is 15.4. The molecule has 2 aliphatic heterocycles. The first-order valence-electron chi connectivity index (χ1n) is 13.6. The molecule has 0 radical (unpaired) electrons. The van der Waals surface area contributed by atoms with Gasteiger partial charge in [0, 0.05) is 51.0 Å². The van der Waals surface area contributed by atoms with Crippen molar-refractivity contribution < 1.29 is 23.2 Å². The van der Waals surface area contributed by atoms with Gasteiger partial charge in [0.2, 0.25) is 0 Å². The lowest BCUT2D eigenvalue weighted by atomic mass is 9.94. The number of hydrogen-bond donors (Lipinski definition) is 3. The fourth-order valence-corrected chi connectivity index (χ4v) is 7.60. The Bertz CT molecular complexity index is 1200. The topological polar surface area (TPSA) is 111 Å². The Morgan fingerprint density at radius 1 is 1.05 bits per heavy atom. The minimum Gasteiger partial charge on any atom is -0.494 e. The number of carbonyl (C=O) groups is 1. The Kier molecular flexibility index (Phi) is 8.23. The number of amides is 1. The fourth-order valence-electron chi connectivity index (χ4n) is 5.65. The molecule has 2 aromatic carbocycles. The molecule has 0 atom stereocenters. The number of hydrogen-bond acceptors (Lipinski definition) is 8. The predicted molar refractivity (Wildman–Crippen MR) is 145 cm³/mol. The van der Waals surface area contributed by atoms with Crippen LogP contribution in [0.15, 0.2) is 53.4 Å². The van der Waals surface area contributed by atoms with Crippen molar-refractivity contribution in [1.29, 1.82) is 0 Å². The summed E-state index contributed by atoms with van der Waals surface area (Å²) >= 11 is 0. The molecule has 0 aromatic heterocycles. The van der Waals surface area contributed by atoms with E-state index in [0.717, 1.165) is 51.9 Å². The van der Waals surface area contributed by atoms with Crippen molar-refractivity contribution in [2.75, 3.05) is 50.8 Å². The van der Waals surface area contributed by atoms with E-state index < -0.39 is 20.5 Å². The van der Waals surface area contributed by atoms with Crippen LogP contribution in [0.3, 0.4) is 0 Å². The second-order valence-corrected chi connectivity index (χ2v) is 12.8. The molecule has 3 aliphatic rings. The van der Waals surface area contributed by atoms with E-state index in [-0.39, 0.29) is 17.7 Å². The van der Waals surface area contributed by atoms with Crippen LogP contribution in [-0.2, 0) is 21.1 Å². The van der Waals surface area contributed by atoms with Crippen molar-refractivity contribution in [3.05, 3.63) is 54.1 Å². The van der Waals surface area contributed by atoms with Crippen molar-refractivity contribution in [1.82, 2.24) is 15.7 Å². The molecule has 0 bridgehead atoms. The molecule has 9 nitrogen and oxygen atoms in total. The van der Waals surface area contributed by atoms with E-state index in [2.05, 4.69) is 39.4 Å². The number of benzene rings is 2. The number of piperidine rings is 1. The molecule has 38 heavy (non-hydrogen) atoms. The second kappa shape index (κ2) is 11.6. The third kappa shape index (κ3) is 5.68. The molecule has 0 unspecified atom stereocenters. The number of nitrogens with one attached hydrogen (secondary N) is 2. The Labute approximate surface area is 225 Å². The molecule has 0 spiro atoms. The second-order valence-electron chi connectivity index (χ2n) is 10.5. The highest BCUT2D eigenvalue weighted by atomic mass is 32.2. The lowest BCUT2D eigenvalue weighted by Crippen LogP contribution is -2.58. The number of nitrogens with zero attached hydrogens (tertiary/aromatic N) is 2. The fraction of sp³-hybridized carbons (Fsp3) is 0.536. The van der Waals surface area contributed by atoms with Crippen LogP contribution in [0.25, 0.3) is 0 Å². The average Bonchev–Trinajstić information content (AvgIpc) is 3.81. The van der Waals surface area contributed by atoms with Crippen molar-refractivity contribution >= 4 is 21.4 Å². The summed E-state index contributed by atoms with van der Waals surface area (Å²) < 4.78 is 31.5. The Balaban J connectivity index is 1.17. The van der Waals surface area contributed by atoms with Crippen molar-refractivity contribution in [3.63, 3.8) is 0 Å². The Morgan fingerprint density at radius 3 is 2.42 bits per heavy atom. The maximum Gasteiger partial charge on any atom is 0.265 e. The first kappa shape index (κ1) is 26.9. The Morgan fingerprint density at radius 2 is 1.76 bits per heavy atom. The molecule has 206 valence electrons. The maximum absolute atomic E-state index is 13.6. The van der Waals surface area contributed by atoms with Crippen molar-refractivity contribution in [2.45, 2.75) is 54.2 Å². The summed E-state index contributed by atoms with van der Waals surface area (Å²) in [5, 5.41) is 12.8. The third-order valence-corrected chi connectivity index (χ3v) is 10.6. The van der Waals surface area contributed by atoms with E-state index in [9.17, 15) is 18.4 Å². The summed E-state index contributed by atoms with van der Waals surface area (Å²) in [6.45, 7) is 5.61. The Hall–Kier alpha value is -2.66. The van der Waals surface area contributed by atoms with Crippen molar-refractivity contribution in [3.8, 4) is 5.75 Å². The van der Waals surface area contributed by atoms with Gasteiger partial charge in [0.05, 0.1) is 11.5 Å². The largest absolute Gasteiger partial charge is 0.494 e. The van der Waals surface area contributed by atoms with E-state index in [1.165, 1.54) is 23.4 Å². The van der Waals surface area contributed by atoms with Crippen LogP contribution in [0.4, 0.5) is 5.69 Å². The van der Waals surface area contributed by atoms with Gasteiger partial charge in [-0.3, -0.25) is 10.0 Å². The van der Waals surface area contributed by atoms with Gasteiger partial charge in [-0.05, 0) is 80.5 Å². The molecule has 3 fully saturated rings. The molecule has 5 rings (SSSR count). The monoisotopic (exact) mass is 542 g/mol. The first-order chi connectivity index (χ1) is 18.4. The number of piperazine rings is 1. The number of rotatable bonds is 10. The maximum atomic E-state index is 13.6. The van der Waals surface area contributed by atoms with Crippen molar-refractivity contribution in [2.24, 2.45) is 0 Å². The average molecular weight is 543 g/mol. The summed E-state index contributed by atoms with van der Waals surface area (Å²) in [4.78, 5) is 17.4. The van der Waals surface area contributed by atoms with Gasteiger partial charge in [0.1, 0.15) is 5.75 Å². The first-order valence-corrected chi connectivity index (χ1v) is 15.1. The smallest absolute Gasteiger partial charge is 0.265 e. The van der Waals surface area contributed by atoms with Crippen LogP contribution >= 0.6 is 0 Å². The van der Waals surface area contributed by atoms with Gasteiger partial charge < -0.3 is 19.9 Å². The molecule has 1 aliphatic carbocycles. The van der Waals surface area contributed by atoms with Gasteiger partial charge in [-0.25, -0.2) is 13.9 Å². The number of likely N-dealkylation sites (tertiary alicyclic amines) is 1. The standard InChI is InChI=1S/C28H38N4O5S/c33-27(30-34)28(12-16-31(17-13-28)23-6-7-23)38(35,36)26-10-8-25(9-11-26)37-20-2-4-22-3-1-5-24(21-22)32-18-14-29-15-19-32/h1,3,5,8-11,21,23,29,34H,2,4,6-7,12-20H2,(H,30,33). The zero-order valence-corrected chi connectivity index (χ0v) is 22.6. The van der Waals surface area contributed by atoms with Gasteiger partial charge in [0.15, 0.2) is 14.6 Å². The van der Waals surface area contributed by atoms with E-state index >= 15 is 0 Å². The predicted octanol–water partition coefficient (Wildman–Crippen LogP) is 2.38. The van der Waals surface area contributed by atoms with E-state index in [4.69, 9.17) is 4.74 Å². The van der Waals surface area contributed by atoms with Crippen LogP contribution in [0, 0.1) is 0 Å². The minimum absolute atomic E-state index is 0.0676. The molecule has 2 aromatic rings. The van der Waals surface area contributed by atoms with Crippen LogP contribution in [-0.4, -0.2) is 81.1 Å². The summed E-state index contributed by atoms with van der Waals surface area (Å²) in [5.41, 5.74) is 4.15. The van der Waals surface area contributed by atoms with E-state index in [0.29, 0.717) is 31.5 Å². The van der Waals surface area contributed by atoms with Gasteiger partial charge >= 0.3 is 0 Å². The molecule has 1 saturated carbocycles. The van der Waals surface area contributed by atoms with E-state index in [1.54, 1.807) is 17.6 Å². The molecule has 2 heterocycles. The summed E-state index contributed by atoms with van der Waals surface area (Å²) in [5.74, 6) is -0.267. The number of sulfone groups is 1. The highest BCUT2D eigenvalue weighted by Crippen LogP contribution is 2.39. The van der Waals surface area contributed by atoms with Gasteiger partial charge in [0.25, 0.3) is 5.91 Å². The van der Waals surface area contributed by atoms with Gasteiger partial charge in [-0.15, -0.1) is 0 Å². The number of carbonyl (C=O) groups excluding carboxylic acids is 1. The number of aryl methyl sites for hydroxylation is 1. The van der Waals surface area contributed by atoms with Gasteiger partial charge in [-0.1, -0.05) is 12.1 Å². The normalized spacial score (nSPS) is 20.2. The number of hydroxylamine groups is 1.